The van der Waals surface area contributed by atoms with Crippen LogP contribution in [0.3, 0.4) is 0 Å². The minimum Gasteiger partial charge on any atom is -0.469 e. The molecule has 2 aromatic rings. The Bertz CT molecular complexity index is 637. The number of nitrogens with one attached hydrogen (secondary N) is 1. The van der Waals surface area contributed by atoms with Gasteiger partial charge in [-0.05, 0) is 31.2 Å². The fraction of sp³-hybridized carbons (Fsp3) is 0.0769. The van der Waals surface area contributed by atoms with Gasteiger partial charge in [-0.1, -0.05) is 15.9 Å². The summed E-state index contributed by atoms with van der Waals surface area (Å²) in [6.07, 6.45) is 2.66. The highest BCUT2D eigenvalue weighted by molar-refractivity contribution is 9.10. The average molecular weight is 325 g/mol. The molecule has 4 nitrogen and oxygen atoms in total. The second kappa shape index (κ2) is 5.79. The van der Waals surface area contributed by atoms with E-state index in [9.17, 15) is 9.18 Å². The van der Waals surface area contributed by atoms with Crippen molar-refractivity contribution in [1.29, 1.82) is 0 Å². The lowest BCUT2D eigenvalue weighted by atomic mass is 10.2. The molecule has 0 aliphatic heterocycles. The number of furan rings is 1. The van der Waals surface area contributed by atoms with E-state index in [4.69, 9.17) is 4.42 Å². The summed E-state index contributed by atoms with van der Waals surface area (Å²) in [7, 11) is 0. The summed E-state index contributed by atoms with van der Waals surface area (Å²) in [5, 5.41) is 3.71. The van der Waals surface area contributed by atoms with Crippen LogP contribution in [-0.4, -0.2) is 12.1 Å². The minimum atomic E-state index is -0.416. The monoisotopic (exact) mass is 324 g/mol. The second-order valence-corrected chi connectivity index (χ2v) is 4.67. The average Bonchev–Trinajstić information content (AvgIpc) is 2.80. The molecule has 6 heteroatoms. The molecule has 0 bridgehead atoms. The number of carbonyl (C=O) groups is 1. The Morgan fingerprint density at radius 1 is 1.47 bits per heavy atom. The van der Waals surface area contributed by atoms with E-state index in [-0.39, 0.29) is 5.56 Å². The first-order valence-electron chi connectivity index (χ1n) is 5.40. The van der Waals surface area contributed by atoms with Gasteiger partial charge < -0.3 is 4.42 Å². The number of halogens is 2. The zero-order valence-electron chi connectivity index (χ0n) is 9.98. The topological polar surface area (TPSA) is 54.6 Å². The Morgan fingerprint density at radius 3 is 2.95 bits per heavy atom. The van der Waals surface area contributed by atoms with Gasteiger partial charge in [-0.15, -0.1) is 0 Å². The number of amides is 1. The van der Waals surface area contributed by atoms with Gasteiger partial charge in [0.15, 0.2) is 0 Å². The van der Waals surface area contributed by atoms with Gasteiger partial charge in [0.1, 0.15) is 11.6 Å². The van der Waals surface area contributed by atoms with Crippen molar-refractivity contribution >= 4 is 28.1 Å². The molecule has 1 N–H and O–H groups in total. The molecule has 1 amide bonds. The molecular weight excluding hydrogens is 315 g/mol. The van der Waals surface area contributed by atoms with E-state index in [1.54, 1.807) is 25.1 Å². The van der Waals surface area contributed by atoms with Crippen molar-refractivity contribution in [2.24, 2.45) is 5.10 Å². The van der Waals surface area contributed by atoms with Crippen LogP contribution in [0.4, 0.5) is 4.39 Å². The van der Waals surface area contributed by atoms with Crippen LogP contribution in [0.25, 0.3) is 0 Å². The van der Waals surface area contributed by atoms with Gasteiger partial charge in [-0.3, -0.25) is 4.79 Å². The van der Waals surface area contributed by atoms with Crippen molar-refractivity contribution in [2.75, 3.05) is 0 Å². The third-order valence-electron chi connectivity index (χ3n) is 2.43. The molecular formula is C13H10BrFN2O2. The molecule has 19 heavy (non-hydrogen) atoms. The van der Waals surface area contributed by atoms with Crippen LogP contribution in [0, 0.1) is 12.7 Å². The van der Waals surface area contributed by atoms with Gasteiger partial charge in [0.2, 0.25) is 0 Å². The SMILES string of the molecule is Cc1occc1C(=O)NN=Cc1cc(Br)ccc1F. The fourth-order valence-electron chi connectivity index (χ4n) is 1.45. The molecule has 0 spiro atoms. The fourth-order valence-corrected chi connectivity index (χ4v) is 1.83. The molecule has 1 aromatic heterocycles. The van der Waals surface area contributed by atoms with E-state index in [0.717, 1.165) is 4.47 Å². The normalized spacial score (nSPS) is 10.9. The largest absolute Gasteiger partial charge is 0.469 e. The van der Waals surface area contributed by atoms with Gasteiger partial charge in [0.25, 0.3) is 5.91 Å². The Labute approximate surface area is 117 Å². The Hall–Kier alpha value is -1.95. The van der Waals surface area contributed by atoms with E-state index in [1.165, 1.54) is 18.5 Å². The number of hydrogen-bond acceptors (Lipinski definition) is 3. The molecule has 0 unspecified atom stereocenters. The minimum absolute atomic E-state index is 0.276. The Morgan fingerprint density at radius 2 is 2.26 bits per heavy atom. The first-order chi connectivity index (χ1) is 9.08. The maximum Gasteiger partial charge on any atom is 0.274 e. The van der Waals surface area contributed by atoms with Gasteiger partial charge >= 0.3 is 0 Å². The quantitative estimate of drug-likeness (QED) is 0.696. The predicted octanol–water partition coefficient (Wildman–Crippen LogP) is 3.25. The smallest absolute Gasteiger partial charge is 0.274 e. The van der Waals surface area contributed by atoms with Crippen molar-refractivity contribution in [3.8, 4) is 0 Å². The van der Waals surface area contributed by atoms with Crippen molar-refractivity contribution < 1.29 is 13.6 Å². The van der Waals surface area contributed by atoms with Gasteiger partial charge in [-0.2, -0.15) is 5.10 Å². The summed E-state index contributed by atoms with van der Waals surface area (Å²) < 4.78 is 19.1. The summed E-state index contributed by atoms with van der Waals surface area (Å²) in [5.41, 5.74) is 2.98. The third-order valence-corrected chi connectivity index (χ3v) is 2.92. The third kappa shape index (κ3) is 3.29. The van der Waals surface area contributed by atoms with Crippen LogP contribution >= 0.6 is 15.9 Å². The summed E-state index contributed by atoms with van der Waals surface area (Å²) in [4.78, 5) is 11.7. The highest BCUT2D eigenvalue weighted by Crippen LogP contribution is 2.14. The molecule has 1 aromatic carbocycles. The standard InChI is InChI=1S/C13H10BrFN2O2/c1-8-11(4-5-19-8)13(18)17-16-7-9-6-10(14)2-3-12(9)15/h2-7H,1H3,(H,17,18). The number of aryl methyl sites for hydroxylation is 1. The highest BCUT2D eigenvalue weighted by Gasteiger charge is 2.09. The molecule has 0 fully saturated rings. The van der Waals surface area contributed by atoms with E-state index in [0.29, 0.717) is 11.3 Å². The molecule has 0 saturated heterocycles. The van der Waals surface area contributed by atoms with Crippen molar-refractivity contribution in [3.63, 3.8) is 0 Å². The lowest BCUT2D eigenvalue weighted by Gasteiger charge is -1.99. The summed E-state index contributed by atoms with van der Waals surface area (Å²) in [6.45, 7) is 1.67. The number of nitrogens with zero attached hydrogens (tertiary/aromatic N) is 1. The number of benzene rings is 1. The maximum atomic E-state index is 13.4. The predicted molar refractivity (Wildman–Crippen MR) is 72.6 cm³/mol. The van der Waals surface area contributed by atoms with Gasteiger partial charge in [-0.25, -0.2) is 9.82 Å². The Balaban J connectivity index is 2.06. The zero-order valence-corrected chi connectivity index (χ0v) is 11.6. The van der Waals surface area contributed by atoms with Crippen LogP contribution < -0.4 is 5.43 Å². The summed E-state index contributed by atoms with van der Waals surface area (Å²) in [5.74, 6) is -0.320. The molecule has 0 saturated carbocycles. The van der Waals surface area contributed by atoms with Crippen molar-refractivity contribution in [3.05, 3.63) is 57.7 Å². The van der Waals surface area contributed by atoms with Gasteiger partial charge in [0.05, 0.1) is 18.0 Å². The van der Waals surface area contributed by atoms with Crippen LogP contribution in [0.2, 0.25) is 0 Å². The van der Waals surface area contributed by atoms with Crippen LogP contribution in [0.1, 0.15) is 21.7 Å². The lowest BCUT2D eigenvalue weighted by Crippen LogP contribution is -2.17. The second-order valence-electron chi connectivity index (χ2n) is 3.76. The number of rotatable bonds is 3. The molecule has 0 aliphatic carbocycles. The summed E-state index contributed by atoms with van der Waals surface area (Å²) in [6, 6.07) is 6.00. The zero-order chi connectivity index (χ0) is 13.8. The van der Waals surface area contributed by atoms with Crippen LogP contribution in [-0.2, 0) is 0 Å². The molecule has 1 heterocycles. The number of hydrogen-bond donors (Lipinski definition) is 1. The maximum absolute atomic E-state index is 13.4. The van der Waals surface area contributed by atoms with Gasteiger partial charge in [0, 0.05) is 10.0 Å². The molecule has 98 valence electrons. The van der Waals surface area contributed by atoms with Crippen LogP contribution in [0.5, 0.6) is 0 Å². The van der Waals surface area contributed by atoms with Crippen molar-refractivity contribution in [2.45, 2.75) is 6.92 Å². The van der Waals surface area contributed by atoms with E-state index < -0.39 is 11.7 Å². The van der Waals surface area contributed by atoms with Crippen molar-refractivity contribution in [1.82, 2.24) is 5.43 Å². The molecule has 2 rings (SSSR count). The summed E-state index contributed by atoms with van der Waals surface area (Å²) >= 11 is 3.23. The molecule has 0 atom stereocenters. The number of hydrazone groups is 1. The Kier molecular flexibility index (Phi) is 4.11. The van der Waals surface area contributed by atoms with E-state index >= 15 is 0 Å². The lowest BCUT2D eigenvalue weighted by molar-refractivity contribution is 0.0953. The number of carbonyl (C=O) groups excluding carboxylic acids is 1. The first kappa shape index (κ1) is 13.5. The first-order valence-corrected chi connectivity index (χ1v) is 6.20. The van der Waals surface area contributed by atoms with E-state index in [2.05, 4.69) is 26.5 Å². The molecule has 0 aliphatic rings. The molecule has 0 radical (unpaired) electrons. The highest BCUT2D eigenvalue weighted by atomic mass is 79.9. The van der Waals surface area contributed by atoms with Crippen LogP contribution in [0.15, 0.2) is 44.5 Å². The van der Waals surface area contributed by atoms with E-state index in [1.807, 2.05) is 0 Å².